The average molecular weight is 370 g/mol. The Balaban J connectivity index is 1.35. The van der Waals surface area contributed by atoms with E-state index in [0.29, 0.717) is 11.6 Å². The third kappa shape index (κ3) is 3.48. The maximum Gasteiger partial charge on any atom is 0.272 e. The third-order valence-electron chi connectivity index (χ3n) is 6.97. The van der Waals surface area contributed by atoms with Gasteiger partial charge < -0.3 is 10.2 Å². The fraction of sp³-hybridized carbons (Fsp3) is 0.682. The van der Waals surface area contributed by atoms with Gasteiger partial charge in [-0.15, -0.1) is 0 Å². The zero-order valence-corrected chi connectivity index (χ0v) is 17.0. The number of likely N-dealkylation sites (tertiary alicyclic amines) is 1. The maximum atomic E-state index is 12.8. The molecular formula is C22H31N3O2. The Morgan fingerprint density at radius 3 is 2.33 bits per heavy atom. The molecule has 1 aliphatic heterocycles. The molecule has 146 valence electrons. The molecule has 0 aromatic carbocycles. The molecule has 2 amide bonds. The number of nitrogens with zero attached hydrogens (tertiary/aromatic N) is 2. The van der Waals surface area contributed by atoms with Gasteiger partial charge in [-0.25, -0.2) is 0 Å². The van der Waals surface area contributed by atoms with E-state index in [4.69, 9.17) is 0 Å². The Hall–Kier alpha value is -1.91. The second kappa shape index (κ2) is 6.32. The molecule has 2 heterocycles. The summed E-state index contributed by atoms with van der Waals surface area (Å²) in [6.45, 7) is 9.79. The summed E-state index contributed by atoms with van der Waals surface area (Å²) in [7, 11) is 0. The molecule has 3 fully saturated rings. The molecule has 27 heavy (non-hydrogen) atoms. The third-order valence-corrected chi connectivity index (χ3v) is 6.97. The average Bonchev–Trinajstić information content (AvgIpc) is 3.52. The molecule has 1 atom stereocenters. The number of piperidine rings is 1. The normalized spacial score (nSPS) is 25.8. The fourth-order valence-electron chi connectivity index (χ4n) is 4.74. The lowest BCUT2D eigenvalue weighted by Gasteiger charge is -2.37. The highest BCUT2D eigenvalue weighted by atomic mass is 16.2. The van der Waals surface area contributed by atoms with E-state index in [1.165, 1.54) is 0 Å². The Morgan fingerprint density at radius 2 is 1.81 bits per heavy atom. The van der Waals surface area contributed by atoms with Gasteiger partial charge in [0.05, 0.1) is 0 Å². The van der Waals surface area contributed by atoms with Crippen LogP contribution in [0.5, 0.6) is 0 Å². The molecule has 1 N–H and O–H groups in total. The molecule has 2 saturated carbocycles. The summed E-state index contributed by atoms with van der Waals surface area (Å²) in [4.78, 5) is 31.7. The van der Waals surface area contributed by atoms with E-state index in [9.17, 15) is 9.59 Å². The van der Waals surface area contributed by atoms with E-state index < -0.39 is 0 Å². The number of hydrogen-bond donors (Lipinski definition) is 1. The highest BCUT2D eigenvalue weighted by Crippen LogP contribution is 2.53. The zero-order chi connectivity index (χ0) is 19.4. The van der Waals surface area contributed by atoms with Gasteiger partial charge in [0.15, 0.2) is 0 Å². The van der Waals surface area contributed by atoms with Gasteiger partial charge in [0.2, 0.25) is 5.91 Å². The van der Waals surface area contributed by atoms with E-state index in [-0.39, 0.29) is 28.7 Å². The van der Waals surface area contributed by atoms with Crippen LogP contribution in [0.2, 0.25) is 0 Å². The van der Waals surface area contributed by atoms with Crippen molar-refractivity contribution < 1.29 is 9.59 Å². The first kappa shape index (κ1) is 18.5. The fourth-order valence-corrected chi connectivity index (χ4v) is 4.74. The molecule has 5 heteroatoms. The van der Waals surface area contributed by atoms with Crippen molar-refractivity contribution in [3.63, 3.8) is 0 Å². The second-order valence-electron chi connectivity index (χ2n) is 9.64. The lowest BCUT2D eigenvalue weighted by atomic mass is 9.86. The summed E-state index contributed by atoms with van der Waals surface area (Å²) in [5, 5.41) is 3.39. The van der Waals surface area contributed by atoms with Gasteiger partial charge in [-0.1, -0.05) is 19.9 Å². The number of nitrogens with one attached hydrogen (secondary N) is 1. The molecule has 0 spiro atoms. The highest BCUT2D eigenvalue weighted by Gasteiger charge is 2.56. The van der Waals surface area contributed by atoms with E-state index in [2.05, 4.69) is 24.1 Å². The van der Waals surface area contributed by atoms with Crippen molar-refractivity contribution in [2.24, 2.45) is 17.3 Å². The predicted molar refractivity (Wildman–Crippen MR) is 104 cm³/mol. The van der Waals surface area contributed by atoms with Crippen LogP contribution >= 0.6 is 0 Å². The Bertz CT molecular complexity index is 774. The summed E-state index contributed by atoms with van der Waals surface area (Å²) < 4.78 is 0. The van der Waals surface area contributed by atoms with Crippen LogP contribution in [-0.4, -0.2) is 40.3 Å². The van der Waals surface area contributed by atoms with E-state index in [0.717, 1.165) is 56.3 Å². The number of carbonyl (C=O) groups is 2. The summed E-state index contributed by atoms with van der Waals surface area (Å²) in [5.41, 5.74) is 2.77. The van der Waals surface area contributed by atoms with Crippen LogP contribution in [0.25, 0.3) is 0 Å². The lowest BCUT2D eigenvalue weighted by molar-refractivity contribution is -0.124. The smallest absolute Gasteiger partial charge is 0.272 e. The number of aromatic nitrogens is 1. The Morgan fingerprint density at radius 1 is 1.19 bits per heavy atom. The topological polar surface area (TPSA) is 62.3 Å². The monoisotopic (exact) mass is 369 g/mol. The van der Waals surface area contributed by atoms with Gasteiger partial charge >= 0.3 is 0 Å². The van der Waals surface area contributed by atoms with Gasteiger partial charge in [0.1, 0.15) is 5.69 Å². The molecule has 2 aliphatic carbocycles. The lowest BCUT2D eigenvalue weighted by Crippen LogP contribution is -2.49. The van der Waals surface area contributed by atoms with Gasteiger partial charge in [0, 0.05) is 30.7 Å². The van der Waals surface area contributed by atoms with E-state index >= 15 is 0 Å². The molecule has 1 aromatic rings. The summed E-state index contributed by atoms with van der Waals surface area (Å²) in [5.74, 6) is 0.960. The van der Waals surface area contributed by atoms with Crippen molar-refractivity contribution in [2.75, 3.05) is 13.1 Å². The maximum absolute atomic E-state index is 12.8. The van der Waals surface area contributed by atoms with Gasteiger partial charge in [-0.3, -0.25) is 14.6 Å². The minimum Gasteiger partial charge on any atom is -0.350 e. The summed E-state index contributed by atoms with van der Waals surface area (Å²) in [6, 6.07) is 2.01. The molecule has 4 rings (SSSR count). The summed E-state index contributed by atoms with van der Waals surface area (Å²) >= 11 is 0. The van der Waals surface area contributed by atoms with Crippen molar-refractivity contribution >= 4 is 11.8 Å². The number of rotatable bonds is 4. The zero-order valence-electron chi connectivity index (χ0n) is 17.0. The highest BCUT2D eigenvalue weighted by molar-refractivity contribution is 5.93. The van der Waals surface area contributed by atoms with Crippen LogP contribution in [0, 0.1) is 31.1 Å². The van der Waals surface area contributed by atoms with Crippen molar-refractivity contribution in [3.05, 3.63) is 29.1 Å². The first-order chi connectivity index (χ1) is 12.7. The van der Waals surface area contributed by atoms with Crippen LogP contribution in [0.1, 0.15) is 67.6 Å². The van der Waals surface area contributed by atoms with Gasteiger partial charge in [-0.2, -0.15) is 0 Å². The molecule has 0 bridgehead atoms. The Kier molecular flexibility index (Phi) is 4.32. The van der Waals surface area contributed by atoms with Crippen LogP contribution in [0.4, 0.5) is 0 Å². The second-order valence-corrected chi connectivity index (χ2v) is 9.64. The minimum atomic E-state index is 0.00289. The first-order valence-electron chi connectivity index (χ1n) is 10.3. The summed E-state index contributed by atoms with van der Waals surface area (Å²) in [6.07, 6.45) is 6.87. The van der Waals surface area contributed by atoms with E-state index in [1.54, 1.807) is 6.20 Å². The number of aryl methyl sites for hydroxylation is 2. The molecule has 1 unspecified atom stereocenters. The SMILES string of the molecule is Cc1cnc(C(=O)N2CCC(C3(NC(=O)C4CC4(C)C)CC3)CC2)c(C)c1. The quantitative estimate of drug-likeness (QED) is 0.886. The predicted octanol–water partition coefficient (Wildman–Crippen LogP) is 3.25. The molecular weight excluding hydrogens is 338 g/mol. The van der Waals surface area contributed by atoms with Gasteiger partial charge in [0.25, 0.3) is 5.91 Å². The van der Waals surface area contributed by atoms with Crippen LogP contribution in [0.15, 0.2) is 12.3 Å². The molecule has 5 nitrogen and oxygen atoms in total. The molecule has 3 aliphatic rings. The van der Waals surface area contributed by atoms with Crippen molar-refractivity contribution in [3.8, 4) is 0 Å². The Labute approximate surface area is 161 Å². The van der Waals surface area contributed by atoms with Crippen molar-refractivity contribution in [2.45, 2.75) is 65.3 Å². The molecule has 1 saturated heterocycles. The van der Waals surface area contributed by atoms with Crippen molar-refractivity contribution in [1.82, 2.24) is 15.2 Å². The molecule has 1 aromatic heterocycles. The van der Waals surface area contributed by atoms with Crippen LogP contribution in [-0.2, 0) is 4.79 Å². The van der Waals surface area contributed by atoms with Gasteiger partial charge in [-0.05, 0) is 68.4 Å². The number of hydrogen-bond acceptors (Lipinski definition) is 3. The standard InChI is InChI=1S/C22H31N3O2/c1-14-11-15(2)18(23-13-14)20(27)25-9-5-16(6-10-25)22(7-8-22)24-19(26)17-12-21(17,3)4/h11,13,16-17H,5-10,12H2,1-4H3,(H,24,26). The number of pyridine rings is 1. The number of amides is 2. The number of carbonyl (C=O) groups excluding carboxylic acids is 2. The minimum absolute atomic E-state index is 0.00289. The molecule has 0 radical (unpaired) electrons. The van der Waals surface area contributed by atoms with Crippen LogP contribution in [0.3, 0.4) is 0 Å². The first-order valence-corrected chi connectivity index (χ1v) is 10.3. The van der Waals surface area contributed by atoms with Crippen molar-refractivity contribution in [1.29, 1.82) is 0 Å². The van der Waals surface area contributed by atoms with E-state index in [1.807, 2.05) is 24.8 Å². The van der Waals surface area contributed by atoms with Crippen LogP contribution < -0.4 is 5.32 Å². The largest absolute Gasteiger partial charge is 0.350 e.